The molecule has 26 heavy (non-hydrogen) atoms. The van der Waals surface area contributed by atoms with Crippen molar-refractivity contribution in [2.24, 2.45) is 5.73 Å². The van der Waals surface area contributed by atoms with Gasteiger partial charge in [0.25, 0.3) is 0 Å². The zero-order valence-corrected chi connectivity index (χ0v) is 16.2. The lowest BCUT2D eigenvalue weighted by atomic mass is 10.00. The lowest BCUT2D eigenvalue weighted by Gasteiger charge is -2.25. The molecule has 0 unspecified atom stereocenters. The van der Waals surface area contributed by atoms with Gasteiger partial charge in [-0.3, -0.25) is 0 Å². The Morgan fingerprint density at radius 2 is 1.77 bits per heavy atom. The van der Waals surface area contributed by atoms with Crippen molar-refractivity contribution >= 4 is 12.1 Å². The SMILES string of the molecule is COC(=O)[C@H](NC(=O)OC(C)(C)C)[C@H](N)CCCc1ccc(OC)cc1. The molecule has 0 spiro atoms. The number of aryl methyl sites for hydroxylation is 1. The van der Waals surface area contributed by atoms with Crippen LogP contribution in [0.5, 0.6) is 5.75 Å². The van der Waals surface area contributed by atoms with E-state index in [4.69, 9.17) is 19.9 Å². The van der Waals surface area contributed by atoms with Gasteiger partial charge < -0.3 is 25.3 Å². The van der Waals surface area contributed by atoms with Crippen LogP contribution in [0.1, 0.15) is 39.2 Å². The second-order valence-electron chi connectivity index (χ2n) is 7.05. The molecule has 0 saturated heterocycles. The molecule has 1 aromatic rings. The summed E-state index contributed by atoms with van der Waals surface area (Å²) in [5.74, 6) is 0.213. The molecule has 1 aromatic carbocycles. The van der Waals surface area contributed by atoms with E-state index in [2.05, 4.69) is 5.32 Å². The van der Waals surface area contributed by atoms with Crippen LogP contribution in [0.25, 0.3) is 0 Å². The van der Waals surface area contributed by atoms with Crippen LogP contribution in [0.15, 0.2) is 24.3 Å². The maximum Gasteiger partial charge on any atom is 0.408 e. The van der Waals surface area contributed by atoms with Gasteiger partial charge in [0.2, 0.25) is 0 Å². The number of carbonyl (C=O) groups is 2. The Morgan fingerprint density at radius 3 is 2.27 bits per heavy atom. The third-order valence-corrected chi connectivity index (χ3v) is 3.72. The van der Waals surface area contributed by atoms with Crippen LogP contribution >= 0.6 is 0 Å². The number of hydrogen-bond donors (Lipinski definition) is 2. The highest BCUT2D eigenvalue weighted by Gasteiger charge is 2.30. The molecule has 1 amide bonds. The van der Waals surface area contributed by atoms with Crippen LogP contribution < -0.4 is 15.8 Å². The van der Waals surface area contributed by atoms with Crippen molar-refractivity contribution in [2.45, 2.75) is 57.7 Å². The van der Waals surface area contributed by atoms with Crippen LogP contribution in [0.3, 0.4) is 0 Å². The Bertz CT molecular complexity index is 581. The summed E-state index contributed by atoms with van der Waals surface area (Å²) in [5.41, 5.74) is 6.61. The first kappa shape index (κ1) is 21.8. The second kappa shape index (κ2) is 10.0. The fourth-order valence-electron chi connectivity index (χ4n) is 2.40. The topological polar surface area (TPSA) is 99.9 Å². The summed E-state index contributed by atoms with van der Waals surface area (Å²) >= 11 is 0. The molecule has 2 atom stereocenters. The third-order valence-electron chi connectivity index (χ3n) is 3.72. The lowest BCUT2D eigenvalue weighted by molar-refractivity contribution is -0.143. The van der Waals surface area contributed by atoms with Crippen LogP contribution in [-0.2, 0) is 20.7 Å². The minimum absolute atomic E-state index is 0.543. The molecule has 0 saturated carbocycles. The Labute approximate surface area is 155 Å². The molecule has 0 aromatic heterocycles. The maximum absolute atomic E-state index is 12.0. The smallest absolute Gasteiger partial charge is 0.408 e. The summed E-state index contributed by atoms with van der Waals surface area (Å²) in [4.78, 5) is 23.9. The van der Waals surface area contributed by atoms with E-state index in [1.54, 1.807) is 27.9 Å². The highest BCUT2D eigenvalue weighted by atomic mass is 16.6. The van der Waals surface area contributed by atoms with Gasteiger partial charge in [-0.15, -0.1) is 0 Å². The normalized spacial score (nSPS) is 13.5. The number of hydrogen-bond acceptors (Lipinski definition) is 6. The number of esters is 1. The number of rotatable bonds is 8. The molecule has 1 rings (SSSR count). The third kappa shape index (κ3) is 7.74. The number of alkyl carbamates (subject to hydrolysis) is 1. The Hall–Kier alpha value is -2.28. The molecule has 0 bridgehead atoms. The van der Waals surface area contributed by atoms with E-state index in [1.807, 2.05) is 24.3 Å². The number of carbonyl (C=O) groups excluding carboxylic acids is 2. The fraction of sp³-hybridized carbons (Fsp3) is 0.579. The number of benzene rings is 1. The monoisotopic (exact) mass is 366 g/mol. The standard InChI is InChI=1S/C19H30N2O5/c1-19(2,3)26-18(23)21-16(17(22)25-5)15(20)8-6-7-13-9-11-14(24-4)12-10-13/h9-12,15-16H,6-8,20H2,1-5H3,(H,21,23)/t15-,16-/m1/s1. The van der Waals surface area contributed by atoms with Gasteiger partial charge in [-0.25, -0.2) is 9.59 Å². The van der Waals surface area contributed by atoms with E-state index >= 15 is 0 Å². The molecule has 7 nitrogen and oxygen atoms in total. The number of nitrogens with two attached hydrogens (primary N) is 1. The van der Waals surface area contributed by atoms with Crippen LogP contribution in [0, 0.1) is 0 Å². The summed E-state index contributed by atoms with van der Waals surface area (Å²) in [6.45, 7) is 5.23. The highest BCUT2D eigenvalue weighted by Crippen LogP contribution is 2.14. The molecule has 0 aliphatic heterocycles. The van der Waals surface area contributed by atoms with E-state index in [0.717, 1.165) is 24.2 Å². The molecule has 3 N–H and O–H groups in total. The van der Waals surface area contributed by atoms with Crippen molar-refractivity contribution in [1.29, 1.82) is 0 Å². The second-order valence-corrected chi connectivity index (χ2v) is 7.05. The zero-order chi connectivity index (χ0) is 19.7. The van der Waals surface area contributed by atoms with Gasteiger partial charge >= 0.3 is 12.1 Å². The molecule has 0 aliphatic carbocycles. The van der Waals surface area contributed by atoms with E-state index in [1.165, 1.54) is 7.11 Å². The lowest BCUT2D eigenvalue weighted by Crippen LogP contribution is -2.53. The first-order chi connectivity index (χ1) is 12.2. The van der Waals surface area contributed by atoms with Crippen LogP contribution in [0.2, 0.25) is 0 Å². The predicted octanol–water partition coefficient (Wildman–Crippen LogP) is 2.41. The molecule has 7 heteroatoms. The molecular weight excluding hydrogens is 336 g/mol. The maximum atomic E-state index is 12.0. The quantitative estimate of drug-likeness (QED) is 0.685. The Morgan fingerprint density at radius 1 is 1.15 bits per heavy atom. The molecule has 0 radical (unpaired) electrons. The van der Waals surface area contributed by atoms with Crippen LogP contribution in [0.4, 0.5) is 4.79 Å². The summed E-state index contributed by atoms with van der Waals surface area (Å²) < 4.78 is 15.1. The van der Waals surface area contributed by atoms with E-state index in [0.29, 0.717) is 6.42 Å². The van der Waals surface area contributed by atoms with Crippen molar-refractivity contribution in [3.8, 4) is 5.75 Å². The minimum atomic E-state index is -0.953. The zero-order valence-electron chi connectivity index (χ0n) is 16.2. The van der Waals surface area contributed by atoms with Crippen molar-refractivity contribution < 1.29 is 23.8 Å². The highest BCUT2D eigenvalue weighted by molar-refractivity contribution is 5.82. The summed E-state index contributed by atoms with van der Waals surface area (Å²) in [6.07, 6.45) is 1.41. The first-order valence-corrected chi connectivity index (χ1v) is 8.62. The summed E-state index contributed by atoms with van der Waals surface area (Å²) in [5, 5.41) is 2.51. The van der Waals surface area contributed by atoms with E-state index in [9.17, 15) is 9.59 Å². The molecule has 146 valence electrons. The average molecular weight is 366 g/mol. The van der Waals surface area contributed by atoms with Crippen molar-refractivity contribution in [3.05, 3.63) is 29.8 Å². The average Bonchev–Trinajstić information content (AvgIpc) is 2.58. The van der Waals surface area contributed by atoms with Gasteiger partial charge in [0.15, 0.2) is 0 Å². The van der Waals surface area contributed by atoms with Gasteiger partial charge in [0.05, 0.1) is 14.2 Å². The predicted molar refractivity (Wildman–Crippen MR) is 99.1 cm³/mol. The van der Waals surface area contributed by atoms with Gasteiger partial charge in [-0.05, 0) is 57.7 Å². The van der Waals surface area contributed by atoms with Crippen molar-refractivity contribution in [2.75, 3.05) is 14.2 Å². The first-order valence-electron chi connectivity index (χ1n) is 8.62. The molecular formula is C19H30N2O5. The van der Waals surface area contributed by atoms with Crippen molar-refractivity contribution in [3.63, 3.8) is 0 Å². The minimum Gasteiger partial charge on any atom is -0.497 e. The summed E-state index contributed by atoms with van der Waals surface area (Å²) in [6, 6.07) is 6.24. The van der Waals surface area contributed by atoms with Crippen molar-refractivity contribution in [1.82, 2.24) is 5.32 Å². The van der Waals surface area contributed by atoms with Gasteiger partial charge in [-0.2, -0.15) is 0 Å². The number of methoxy groups -OCH3 is 2. The Kier molecular flexibility index (Phi) is 8.38. The van der Waals surface area contributed by atoms with E-state index < -0.39 is 29.7 Å². The number of nitrogens with one attached hydrogen (secondary N) is 1. The summed E-state index contributed by atoms with van der Waals surface area (Å²) in [7, 11) is 2.88. The molecule has 0 heterocycles. The molecule has 0 aliphatic rings. The Balaban J connectivity index is 2.57. The van der Waals surface area contributed by atoms with Gasteiger partial charge in [-0.1, -0.05) is 12.1 Å². The van der Waals surface area contributed by atoms with Crippen LogP contribution in [-0.4, -0.2) is 44.0 Å². The fourth-order valence-corrected chi connectivity index (χ4v) is 2.40. The number of ether oxygens (including phenoxy) is 3. The van der Waals surface area contributed by atoms with E-state index in [-0.39, 0.29) is 0 Å². The van der Waals surface area contributed by atoms with Gasteiger partial charge in [0, 0.05) is 6.04 Å². The number of amides is 1. The molecule has 0 fully saturated rings. The van der Waals surface area contributed by atoms with Gasteiger partial charge in [0.1, 0.15) is 17.4 Å². The largest absolute Gasteiger partial charge is 0.497 e.